The molecule has 1 aromatic carbocycles. The molecule has 29 heavy (non-hydrogen) atoms. The van der Waals surface area contributed by atoms with Crippen LogP contribution in [0.4, 0.5) is 0 Å². The predicted octanol–water partition coefficient (Wildman–Crippen LogP) is 5.57. The van der Waals surface area contributed by atoms with E-state index in [-0.39, 0.29) is 12.1 Å². The number of hydrogen-bond donors (Lipinski definition) is 0. The van der Waals surface area contributed by atoms with Crippen LogP contribution in [-0.4, -0.2) is 22.0 Å². The predicted molar refractivity (Wildman–Crippen MR) is 116 cm³/mol. The van der Waals surface area contributed by atoms with E-state index in [1.165, 1.54) is 34.5 Å². The van der Waals surface area contributed by atoms with Crippen LogP contribution >= 0.6 is 0 Å². The quantitative estimate of drug-likeness (QED) is 0.574. The van der Waals surface area contributed by atoms with Crippen molar-refractivity contribution in [2.75, 3.05) is 7.11 Å². The van der Waals surface area contributed by atoms with E-state index in [1.807, 2.05) is 36.7 Å². The van der Waals surface area contributed by atoms with Gasteiger partial charge < -0.3 is 4.74 Å². The second-order valence-corrected chi connectivity index (χ2v) is 7.86. The topological polar surface area (TPSA) is 38.2 Å². The van der Waals surface area contributed by atoms with E-state index < -0.39 is 0 Å². The third-order valence-corrected chi connectivity index (χ3v) is 6.03. The first-order chi connectivity index (χ1) is 14.2. The second-order valence-electron chi connectivity index (χ2n) is 7.86. The lowest BCUT2D eigenvalue weighted by Gasteiger charge is -2.42. The molecule has 1 aliphatic rings. The average molecular weight is 388 g/mol. The molecule has 4 rings (SSSR count). The first-order valence-corrected chi connectivity index (χ1v) is 10.4. The van der Waals surface area contributed by atoms with Crippen molar-refractivity contribution < 1.29 is 4.74 Å². The molecule has 0 unspecified atom stereocenters. The Labute approximate surface area is 173 Å². The summed E-state index contributed by atoms with van der Waals surface area (Å²) < 4.78 is 5.66. The maximum Gasteiger partial charge on any atom is 0.123 e. The highest BCUT2D eigenvalue weighted by Crippen LogP contribution is 2.43. The number of pyridine rings is 2. The van der Waals surface area contributed by atoms with Crippen molar-refractivity contribution in [3.8, 4) is 5.75 Å². The van der Waals surface area contributed by atoms with Crippen LogP contribution in [0.5, 0.6) is 5.75 Å². The van der Waals surface area contributed by atoms with E-state index in [9.17, 15) is 0 Å². The molecule has 3 aromatic rings. The number of para-hydroxylation sites is 1. The first-order valence-electron chi connectivity index (χ1n) is 10.4. The number of aryl methyl sites for hydroxylation is 2. The van der Waals surface area contributed by atoms with Crippen molar-refractivity contribution in [2.24, 2.45) is 0 Å². The zero-order chi connectivity index (χ0) is 20.2. The minimum absolute atomic E-state index is 0.265. The van der Waals surface area contributed by atoms with E-state index in [0.29, 0.717) is 0 Å². The molecule has 4 nitrogen and oxygen atoms in total. The molecular weight excluding hydrogens is 358 g/mol. The number of hydrogen-bond acceptors (Lipinski definition) is 4. The van der Waals surface area contributed by atoms with Crippen molar-refractivity contribution in [1.29, 1.82) is 0 Å². The van der Waals surface area contributed by atoms with Gasteiger partial charge in [0.25, 0.3) is 0 Å². The second kappa shape index (κ2) is 8.75. The van der Waals surface area contributed by atoms with Crippen LogP contribution in [0.25, 0.3) is 0 Å². The molecule has 2 aromatic heterocycles. The molecule has 2 atom stereocenters. The van der Waals surface area contributed by atoms with Crippen molar-refractivity contribution >= 4 is 0 Å². The Balaban J connectivity index is 1.78. The summed E-state index contributed by atoms with van der Waals surface area (Å²) in [5.74, 6) is 0.936. The highest BCUT2D eigenvalue weighted by atomic mass is 16.5. The molecule has 0 N–H and O–H groups in total. The van der Waals surface area contributed by atoms with Crippen LogP contribution in [-0.2, 0) is 6.54 Å². The van der Waals surface area contributed by atoms with E-state index in [1.54, 1.807) is 7.11 Å². The van der Waals surface area contributed by atoms with Gasteiger partial charge in [-0.25, -0.2) is 0 Å². The summed E-state index contributed by atoms with van der Waals surface area (Å²) in [6.07, 6.45) is 7.22. The van der Waals surface area contributed by atoms with Crippen LogP contribution in [0.2, 0.25) is 0 Å². The third kappa shape index (κ3) is 4.03. The molecule has 0 bridgehead atoms. The normalized spacial score (nSPS) is 19.8. The molecule has 3 heterocycles. The van der Waals surface area contributed by atoms with Crippen molar-refractivity contribution in [3.63, 3.8) is 0 Å². The van der Waals surface area contributed by atoms with Crippen LogP contribution in [0.1, 0.15) is 59.4 Å². The largest absolute Gasteiger partial charge is 0.496 e. The minimum Gasteiger partial charge on any atom is -0.496 e. The van der Waals surface area contributed by atoms with Gasteiger partial charge in [0.05, 0.1) is 30.6 Å². The van der Waals surface area contributed by atoms with Crippen LogP contribution in [0, 0.1) is 13.8 Å². The van der Waals surface area contributed by atoms with Gasteiger partial charge in [0.1, 0.15) is 5.75 Å². The molecule has 4 heteroatoms. The summed E-state index contributed by atoms with van der Waals surface area (Å²) in [6, 6.07) is 17.2. The van der Waals surface area contributed by atoms with E-state index in [2.05, 4.69) is 43.0 Å². The number of aromatic nitrogens is 2. The third-order valence-electron chi connectivity index (χ3n) is 6.03. The zero-order valence-electron chi connectivity index (χ0n) is 17.5. The Bertz CT molecular complexity index is 918. The number of ether oxygens (including phenoxy) is 1. The van der Waals surface area contributed by atoms with Gasteiger partial charge in [-0.15, -0.1) is 0 Å². The highest BCUT2D eigenvalue weighted by Gasteiger charge is 2.35. The van der Waals surface area contributed by atoms with Gasteiger partial charge in [-0.05, 0) is 62.4 Å². The van der Waals surface area contributed by atoms with Crippen molar-refractivity contribution in [3.05, 3.63) is 89.0 Å². The molecular formula is C25H29N3O. The number of piperidine rings is 1. The molecule has 150 valence electrons. The number of nitrogens with zero attached hydrogens (tertiary/aromatic N) is 3. The lowest BCUT2D eigenvalue weighted by atomic mass is 9.88. The fourth-order valence-corrected chi connectivity index (χ4v) is 4.59. The number of benzene rings is 1. The molecule has 0 radical (unpaired) electrons. The Morgan fingerprint density at radius 2 is 1.45 bits per heavy atom. The maximum atomic E-state index is 5.66. The van der Waals surface area contributed by atoms with Gasteiger partial charge in [-0.3, -0.25) is 14.9 Å². The summed E-state index contributed by atoms with van der Waals surface area (Å²) in [4.78, 5) is 12.2. The summed E-state index contributed by atoms with van der Waals surface area (Å²) in [5.41, 5.74) is 6.07. The van der Waals surface area contributed by atoms with Crippen LogP contribution < -0.4 is 4.74 Å². The number of likely N-dealkylation sites (tertiary alicyclic amines) is 1. The smallest absolute Gasteiger partial charge is 0.123 e. The van der Waals surface area contributed by atoms with Crippen LogP contribution in [0.15, 0.2) is 60.9 Å². The fourth-order valence-electron chi connectivity index (χ4n) is 4.59. The lowest BCUT2D eigenvalue weighted by molar-refractivity contribution is 0.0670. The van der Waals surface area contributed by atoms with Gasteiger partial charge in [0, 0.05) is 24.5 Å². The van der Waals surface area contributed by atoms with Gasteiger partial charge in [-0.1, -0.05) is 30.3 Å². The highest BCUT2D eigenvalue weighted by molar-refractivity contribution is 5.34. The van der Waals surface area contributed by atoms with Crippen LogP contribution in [0.3, 0.4) is 0 Å². The van der Waals surface area contributed by atoms with Gasteiger partial charge in [-0.2, -0.15) is 0 Å². The molecule has 0 aliphatic carbocycles. The lowest BCUT2D eigenvalue weighted by Crippen LogP contribution is -2.37. The maximum absolute atomic E-state index is 5.66. The number of methoxy groups -OCH3 is 1. The Morgan fingerprint density at radius 3 is 2.00 bits per heavy atom. The average Bonchev–Trinajstić information content (AvgIpc) is 2.75. The molecule has 0 saturated carbocycles. The SMILES string of the molecule is COc1ccccc1CN1[C@@H](c2ncccc2C)CCC[C@H]1c1ncccc1C. The van der Waals surface area contributed by atoms with Crippen molar-refractivity contribution in [1.82, 2.24) is 14.9 Å². The molecule has 1 saturated heterocycles. The fraction of sp³-hybridized carbons (Fsp3) is 0.360. The minimum atomic E-state index is 0.265. The monoisotopic (exact) mass is 387 g/mol. The van der Waals surface area contributed by atoms with E-state index in [0.717, 1.165) is 25.1 Å². The summed E-state index contributed by atoms with van der Waals surface area (Å²) in [7, 11) is 1.75. The van der Waals surface area contributed by atoms with Gasteiger partial charge >= 0.3 is 0 Å². The molecule has 0 amide bonds. The summed E-state index contributed by atoms with van der Waals surface area (Å²) in [6.45, 7) is 5.14. The first kappa shape index (κ1) is 19.6. The summed E-state index contributed by atoms with van der Waals surface area (Å²) >= 11 is 0. The van der Waals surface area contributed by atoms with E-state index >= 15 is 0 Å². The Kier molecular flexibility index (Phi) is 5.91. The van der Waals surface area contributed by atoms with E-state index in [4.69, 9.17) is 14.7 Å². The standard InChI is InChI=1S/C25H29N3O/c1-18-9-7-15-26-24(18)21-12-6-13-22(25-19(2)10-8-16-27-25)28(21)17-20-11-4-5-14-23(20)29-3/h4-5,7-11,14-16,21-22H,6,12-13,17H2,1-3H3/t21-,22+. The zero-order valence-corrected chi connectivity index (χ0v) is 17.5. The van der Waals surface area contributed by atoms with Gasteiger partial charge in [0.2, 0.25) is 0 Å². The Hall–Kier alpha value is -2.72. The molecule has 1 fully saturated rings. The number of rotatable bonds is 5. The summed E-state index contributed by atoms with van der Waals surface area (Å²) in [5, 5.41) is 0. The van der Waals surface area contributed by atoms with Crippen molar-refractivity contribution in [2.45, 2.75) is 51.7 Å². The Morgan fingerprint density at radius 1 is 0.862 bits per heavy atom. The molecule has 0 spiro atoms. The molecule has 1 aliphatic heterocycles. The van der Waals surface area contributed by atoms with Gasteiger partial charge in [0.15, 0.2) is 0 Å².